The lowest BCUT2D eigenvalue weighted by atomic mass is 10.0. The number of rotatable bonds is 3. The maximum Gasteiger partial charge on any atom is 0.124 e. The van der Waals surface area contributed by atoms with Gasteiger partial charge in [0.2, 0.25) is 0 Å². The lowest BCUT2D eigenvalue weighted by Crippen LogP contribution is -2.01. The van der Waals surface area contributed by atoms with Crippen molar-refractivity contribution in [3.63, 3.8) is 0 Å². The Balaban J connectivity index is 2.16. The van der Waals surface area contributed by atoms with E-state index in [-0.39, 0.29) is 5.82 Å². The number of aliphatic hydroxyl groups is 1. The number of hydrogen-bond acceptors (Lipinski definition) is 1. The molecule has 0 aliphatic heterocycles. The summed E-state index contributed by atoms with van der Waals surface area (Å²) in [5.74, 6) is -0.297. The van der Waals surface area contributed by atoms with Gasteiger partial charge in [-0.25, -0.2) is 4.39 Å². The average Bonchev–Trinajstić information content (AvgIpc) is 2.28. The zero-order valence-corrected chi connectivity index (χ0v) is 10.7. The highest BCUT2D eigenvalue weighted by atomic mass is 79.9. The van der Waals surface area contributed by atoms with E-state index in [1.165, 1.54) is 12.1 Å². The van der Waals surface area contributed by atoms with Gasteiger partial charge in [-0.2, -0.15) is 0 Å². The van der Waals surface area contributed by atoms with Crippen LogP contribution in [0.3, 0.4) is 0 Å². The van der Waals surface area contributed by atoms with E-state index >= 15 is 0 Å². The molecule has 1 atom stereocenters. The van der Waals surface area contributed by atoms with E-state index in [1.807, 2.05) is 36.4 Å². The van der Waals surface area contributed by atoms with Crippen LogP contribution in [0.2, 0.25) is 0 Å². The van der Waals surface area contributed by atoms with Gasteiger partial charge in [-0.05, 0) is 29.3 Å². The first-order chi connectivity index (χ1) is 8.15. The fraction of sp³-hybridized carbons (Fsp3) is 0.143. The Labute approximate surface area is 108 Å². The summed E-state index contributed by atoms with van der Waals surface area (Å²) in [7, 11) is 0. The summed E-state index contributed by atoms with van der Waals surface area (Å²) in [6, 6.07) is 14.0. The maximum atomic E-state index is 13.2. The minimum absolute atomic E-state index is 0.297. The van der Waals surface area contributed by atoms with Gasteiger partial charge in [-0.15, -0.1) is 0 Å². The van der Waals surface area contributed by atoms with Crippen molar-refractivity contribution in [1.82, 2.24) is 0 Å². The first-order valence-electron chi connectivity index (χ1n) is 5.33. The van der Waals surface area contributed by atoms with Crippen molar-refractivity contribution in [3.8, 4) is 0 Å². The van der Waals surface area contributed by atoms with Crippen LogP contribution in [-0.4, -0.2) is 5.11 Å². The summed E-state index contributed by atoms with van der Waals surface area (Å²) in [5, 5.41) is 10.0. The Bertz CT molecular complexity index is 479. The van der Waals surface area contributed by atoms with Crippen molar-refractivity contribution < 1.29 is 9.50 Å². The first kappa shape index (κ1) is 12.3. The highest BCUT2D eigenvalue weighted by Gasteiger charge is 2.09. The molecule has 17 heavy (non-hydrogen) atoms. The van der Waals surface area contributed by atoms with E-state index in [4.69, 9.17) is 0 Å². The van der Waals surface area contributed by atoms with E-state index in [0.29, 0.717) is 10.9 Å². The van der Waals surface area contributed by atoms with Gasteiger partial charge < -0.3 is 5.11 Å². The molecule has 0 aromatic heterocycles. The predicted octanol–water partition coefficient (Wildman–Crippen LogP) is 3.86. The number of halogens is 2. The SMILES string of the molecule is OC(Cc1cc(F)cc(Br)c1)c1ccccc1. The van der Waals surface area contributed by atoms with Gasteiger partial charge in [0.15, 0.2) is 0 Å². The van der Waals surface area contributed by atoms with Crippen LogP contribution in [-0.2, 0) is 6.42 Å². The molecule has 0 aliphatic rings. The van der Waals surface area contributed by atoms with Crippen LogP contribution in [0, 0.1) is 5.82 Å². The fourth-order valence-corrected chi connectivity index (χ4v) is 2.26. The van der Waals surface area contributed by atoms with E-state index in [9.17, 15) is 9.50 Å². The Morgan fingerprint density at radius 3 is 2.47 bits per heavy atom. The third kappa shape index (κ3) is 3.38. The molecule has 0 saturated heterocycles. The third-order valence-electron chi connectivity index (χ3n) is 2.54. The Morgan fingerprint density at radius 2 is 1.82 bits per heavy atom. The van der Waals surface area contributed by atoms with Gasteiger partial charge in [-0.1, -0.05) is 46.3 Å². The van der Waals surface area contributed by atoms with Crippen molar-refractivity contribution in [2.24, 2.45) is 0 Å². The summed E-state index contributed by atoms with van der Waals surface area (Å²) in [4.78, 5) is 0. The van der Waals surface area contributed by atoms with Crippen molar-refractivity contribution >= 4 is 15.9 Å². The monoisotopic (exact) mass is 294 g/mol. The zero-order chi connectivity index (χ0) is 12.3. The fourth-order valence-electron chi connectivity index (χ4n) is 1.75. The number of aliphatic hydroxyl groups excluding tert-OH is 1. The smallest absolute Gasteiger partial charge is 0.124 e. The van der Waals surface area contributed by atoms with Gasteiger partial charge in [0.05, 0.1) is 6.10 Å². The molecule has 0 fully saturated rings. The predicted molar refractivity (Wildman–Crippen MR) is 69.2 cm³/mol. The number of benzene rings is 2. The summed E-state index contributed by atoms with van der Waals surface area (Å²) >= 11 is 3.24. The number of hydrogen-bond donors (Lipinski definition) is 1. The molecule has 0 spiro atoms. The van der Waals surface area contributed by atoms with E-state index in [0.717, 1.165) is 11.1 Å². The van der Waals surface area contributed by atoms with Crippen LogP contribution in [0.4, 0.5) is 4.39 Å². The maximum absolute atomic E-state index is 13.2. The van der Waals surface area contributed by atoms with Gasteiger partial charge in [0, 0.05) is 10.9 Å². The lowest BCUT2D eigenvalue weighted by Gasteiger charge is -2.11. The van der Waals surface area contributed by atoms with Crippen molar-refractivity contribution in [2.45, 2.75) is 12.5 Å². The molecule has 2 aromatic rings. The van der Waals surface area contributed by atoms with Crippen molar-refractivity contribution in [2.75, 3.05) is 0 Å². The zero-order valence-electron chi connectivity index (χ0n) is 9.11. The molecule has 3 heteroatoms. The molecule has 2 rings (SSSR count). The molecule has 2 aromatic carbocycles. The van der Waals surface area contributed by atoms with Crippen molar-refractivity contribution in [3.05, 3.63) is 69.9 Å². The van der Waals surface area contributed by atoms with Gasteiger partial charge in [-0.3, -0.25) is 0 Å². The topological polar surface area (TPSA) is 20.2 Å². The Hall–Kier alpha value is -1.19. The molecule has 1 unspecified atom stereocenters. The second kappa shape index (κ2) is 5.43. The quantitative estimate of drug-likeness (QED) is 0.911. The van der Waals surface area contributed by atoms with Gasteiger partial charge in [0.25, 0.3) is 0 Å². The minimum Gasteiger partial charge on any atom is -0.388 e. The molecule has 0 bridgehead atoms. The summed E-state index contributed by atoms with van der Waals surface area (Å²) in [6.45, 7) is 0. The Morgan fingerprint density at radius 1 is 1.12 bits per heavy atom. The summed E-state index contributed by atoms with van der Waals surface area (Å²) < 4.78 is 13.9. The van der Waals surface area contributed by atoms with Crippen molar-refractivity contribution in [1.29, 1.82) is 0 Å². The molecule has 88 valence electrons. The summed E-state index contributed by atoms with van der Waals surface area (Å²) in [5.41, 5.74) is 1.61. The molecule has 1 N–H and O–H groups in total. The lowest BCUT2D eigenvalue weighted by molar-refractivity contribution is 0.178. The van der Waals surface area contributed by atoms with Crippen LogP contribution in [0.25, 0.3) is 0 Å². The molecular formula is C14H12BrFO. The second-order valence-electron chi connectivity index (χ2n) is 3.91. The van der Waals surface area contributed by atoms with Crippen LogP contribution in [0.1, 0.15) is 17.2 Å². The van der Waals surface area contributed by atoms with E-state index in [1.54, 1.807) is 0 Å². The second-order valence-corrected chi connectivity index (χ2v) is 4.82. The molecule has 0 saturated carbocycles. The van der Waals surface area contributed by atoms with Gasteiger partial charge in [0.1, 0.15) is 5.82 Å². The molecule has 0 heterocycles. The molecule has 0 aliphatic carbocycles. The largest absolute Gasteiger partial charge is 0.388 e. The standard InChI is InChI=1S/C14H12BrFO/c15-12-6-10(7-13(16)9-12)8-14(17)11-4-2-1-3-5-11/h1-7,9,14,17H,8H2. The first-order valence-corrected chi connectivity index (χ1v) is 6.12. The molecule has 1 nitrogen and oxygen atoms in total. The average molecular weight is 295 g/mol. The van der Waals surface area contributed by atoms with Gasteiger partial charge >= 0.3 is 0 Å². The minimum atomic E-state index is -0.607. The van der Waals surface area contributed by atoms with Crippen LogP contribution < -0.4 is 0 Å². The normalized spacial score (nSPS) is 12.4. The van der Waals surface area contributed by atoms with Crippen LogP contribution in [0.5, 0.6) is 0 Å². The van der Waals surface area contributed by atoms with E-state index < -0.39 is 6.10 Å². The van der Waals surface area contributed by atoms with Crippen LogP contribution >= 0.6 is 15.9 Å². The summed E-state index contributed by atoms with van der Waals surface area (Å²) in [6.07, 6.45) is -0.203. The molecule has 0 amide bonds. The highest BCUT2D eigenvalue weighted by molar-refractivity contribution is 9.10. The molecule has 0 radical (unpaired) electrons. The van der Waals surface area contributed by atoms with E-state index in [2.05, 4.69) is 15.9 Å². The highest BCUT2D eigenvalue weighted by Crippen LogP contribution is 2.21. The van der Waals surface area contributed by atoms with Crippen LogP contribution in [0.15, 0.2) is 53.0 Å². The third-order valence-corrected chi connectivity index (χ3v) is 2.99. The molecular weight excluding hydrogens is 283 g/mol. The Kier molecular flexibility index (Phi) is 3.92.